The number of benzene rings is 9. The Balaban J connectivity index is 1.13. The van der Waals surface area contributed by atoms with Gasteiger partial charge in [-0.1, -0.05) is 146 Å². The van der Waals surface area contributed by atoms with Crippen molar-refractivity contribution in [2.24, 2.45) is 0 Å². The lowest BCUT2D eigenvalue weighted by Crippen LogP contribution is -1.92. The first-order chi connectivity index (χ1) is 24.8. The lowest BCUT2D eigenvalue weighted by molar-refractivity contribution is 1.66. The van der Waals surface area contributed by atoms with Crippen molar-refractivity contribution in [2.75, 3.05) is 0 Å². The predicted octanol–water partition coefficient (Wildman–Crippen LogP) is 14.9. The van der Waals surface area contributed by atoms with E-state index in [2.05, 4.69) is 170 Å². The van der Waals surface area contributed by atoms with Crippen molar-refractivity contribution in [3.8, 4) is 33.4 Å². The maximum absolute atomic E-state index is 2.41. The van der Waals surface area contributed by atoms with E-state index in [1.165, 1.54) is 106 Å². The fraction of sp³-hybridized carbons (Fsp3) is 0. The molecule has 0 aliphatic carbocycles. The zero-order chi connectivity index (χ0) is 32.8. The molecule has 2 heterocycles. The third-order valence-corrected chi connectivity index (χ3v) is 12.7. The molecule has 0 unspecified atom stereocenters. The Morgan fingerprint density at radius 3 is 1.36 bits per heavy atom. The van der Waals surface area contributed by atoms with E-state index in [0.717, 1.165) is 0 Å². The van der Waals surface area contributed by atoms with E-state index in [9.17, 15) is 0 Å². The van der Waals surface area contributed by atoms with Crippen LogP contribution in [0.3, 0.4) is 0 Å². The van der Waals surface area contributed by atoms with Gasteiger partial charge in [0.05, 0.1) is 0 Å². The molecule has 2 aromatic heterocycles. The Morgan fingerprint density at radius 2 is 0.700 bits per heavy atom. The molecule has 0 aliphatic heterocycles. The second-order valence-electron chi connectivity index (χ2n) is 13.2. The molecule has 0 aliphatic rings. The summed E-state index contributed by atoms with van der Waals surface area (Å²) >= 11 is 3.80. The summed E-state index contributed by atoms with van der Waals surface area (Å²) in [6.45, 7) is 0. The van der Waals surface area contributed by atoms with Gasteiger partial charge in [-0.3, -0.25) is 0 Å². The van der Waals surface area contributed by atoms with Crippen molar-refractivity contribution in [1.29, 1.82) is 0 Å². The topological polar surface area (TPSA) is 0 Å². The van der Waals surface area contributed by atoms with Crippen molar-refractivity contribution in [3.05, 3.63) is 170 Å². The van der Waals surface area contributed by atoms with Gasteiger partial charge in [0.2, 0.25) is 0 Å². The number of rotatable bonds is 3. The van der Waals surface area contributed by atoms with Crippen LogP contribution in [0.15, 0.2) is 170 Å². The lowest BCUT2D eigenvalue weighted by atomic mass is 9.84. The van der Waals surface area contributed by atoms with Crippen molar-refractivity contribution < 1.29 is 0 Å². The normalized spacial score (nSPS) is 12.0. The van der Waals surface area contributed by atoms with E-state index in [-0.39, 0.29) is 0 Å². The van der Waals surface area contributed by atoms with Crippen LogP contribution >= 0.6 is 22.7 Å². The Labute approximate surface area is 297 Å². The Morgan fingerprint density at radius 1 is 0.240 bits per heavy atom. The van der Waals surface area contributed by atoms with Crippen LogP contribution in [-0.2, 0) is 0 Å². The van der Waals surface area contributed by atoms with Crippen molar-refractivity contribution in [1.82, 2.24) is 0 Å². The fourth-order valence-electron chi connectivity index (χ4n) is 8.26. The van der Waals surface area contributed by atoms with Gasteiger partial charge in [0.25, 0.3) is 0 Å². The monoisotopic (exact) mass is 668 g/mol. The first-order valence-electron chi connectivity index (χ1n) is 17.1. The van der Waals surface area contributed by atoms with Gasteiger partial charge >= 0.3 is 0 Å². The number of fused-ring (bicyclic) bond motifs is 9. The number of hydrogen-bond acceptors (Lipinski definition) is 2. The van der Waals surface area contributed by atoms with Crippen LogP contribution in [0.25, 0.3) is 106 Å². The summed E-state index contributed by atoms with van der Waals surface area (Å²) in [6, 6.07) is 63.1. The van der Waals surface area contributed by atoms with E-state index in [1.54, 1.807) is 0 Å². The van der Waals surface area contributed by atoms with Gasteiger partial charge in [-0.05, 0) is 90.0 Å². The van der Waals surface area contributed by atoms with Gasteiger partial charge in [-0.2, -0.15) is 0 Å². The van der Waals surface area contributed by atoms with E-state index in [4.69, 9.17) is 0 Å². The molecule has 0 amide bonds. The third kappa shape index (κ3) is 4.10. The lowest BCUT2D eigenvalue weighted by Gasteiger charge is -2.19. The third-order valence-electron chi connectivity index (χ3n) is 10.5. The summed E-state index contributed by atoms with van der Waals surface area (Å²) in [6.07, 6.45) is 0. The van der Waals surface area contributed by atoms with E-state index < -0.39 is 0 Å². The van der Waals surface area contributed by atoms with Crippen molar-refractivity contribution >= 4 is 95.3 Å². The Kier molecular flexibility index (Phi) is 6.09. The molecule has 0 radical (unpaired) electrons. The highest BCUT2D eigenvalue weighted by molar-refractivity contribution is 7.27. The highest BCUT2D eigenvalue weighted by atomic mass is 32.1. The van der Waals surface area contributed by atoms with Crippen LogP contribution < -0.4 is 0 Å². The van der Waals surface area contributed by atoms with E-state index in [0.29, 0.717) is 0 Å². The molecule has 0 spiro atoms. The van der Waals surface area contributed by atoms with E-state index >= 15 is 0 Å². The van der Waals surface area contributed by atoms with Crippen LogP contribution in [0.5, 0.6) is 0 Å². The minimum Gasteiger partial charge on any atom is -0.135 e. The summed E-state index contributed by atoms with van der Waals surface area (Å²) in [5, 5.41) is 13.1. The standard InChI is InChI=1S/C48H28S2/c1-2-12-29(13-3-1)47-36-17-6-8-19-38(36)48(39-20-9-7-18-37(39)47)40-25-24-31(32-14-4-5-15-33(32)40)30-22-23-35-42-28-45-41(27-46(42)50-44(35)26-30)34-16-10-11-21-43(34)49-45/h1-28H. The number of hydrogen-bond donors (Lipinski definition) is 0. The molecule has 0 N–H and O–H groups in total. The molecule has 11 aromatic rings. The highest BCUT2D eigenvalue weighted by Crippen LogP contribution is 2.47. The molecule has 11 rings (SSSR count). The molecule has 50 heavy (non-hydrogen) atoms. The minimum absolute atomic E-state index is 1.25. The number of thiophene rings is 2. The zero-order valence-electron chi connectivity index (χ0n) is 27.0. The molecule has 0 fully saturated rings. The molecule has 0 nitrogen and oxygen atoms in total. The minimum atomic E-state index is 1.25. The van der Waals surface area contributed by atoms with Gasteiger partial charge < -0.3 is 0 Å². The van der Waals surface area contributed by atoms with Crippen LogP contribution in [-0.4, -0.2) is 0 Å². The maximum Gasteiger partial charge on any atom is 0.0362 e. The zero-order valence-corrected chi connectivity index (χ0v) is 28.6. The molecule has 0 saturated heterocycles. The second kappa shape index (κ2) is 10.9. The SMILES string of the molecule is c1ccc(-c2c3ccccc3c(-c3ccc(-c4ccc5c(c4)sc4cc6c(cc45)sc4ccccc46)c4ccccc34)c3ccccc23)cc1. The molecule has 0 bridgehead atoms. The van der Waals surface area contributed by atoms with Crippen LogP contribution in [0.2, 0.25) is 0 Å². The first kappa shape index (κ1) is 28.1. The summed E-state index contributed by atoms with van der Waals surface area (Å²) < 4.78 is 5.41. The van der Waals surface area contributed by atoms with Crippen molar-refractivity contribution in [2.45, 2.75) is 0 Å². The van der Waals surface area contributed by atoms with Gasteiger partial charge in [0, 0.05) is 40.3 Å². The van der Waals surface area contributed by atoms with Crippen LogP contribution in [0.4, 0.5) is 0 Å². The van der Waals surface area contributed by atoms with Crippen molar-refractivity contribution in [3.63, 3.8) is 0 Å². The van der Waals surface area contributed by atoms with E-state index in [1.807, 2.05) is 22.7 Å². The summed E-state index contributed by atoms with van der Waals surface area (Å²) in [7, 11) is 0. The molecular formula is C48H28S2. The quantitative estimate of drug-likeness (QED) is 0.164. The molecule has 0 atom stereocenters. The summed E-state index contributed by atoms with van der Waals surface area (Å²) in [4.78, 5) is 0. The average molecular weight is 669 g/mol. The molecule has 232 valence electrons. The van der Waals surface area contributed by atoms with Crippen LogP contribution in [0, 0.1) is 0 Å². The predicted molar refractivity (Wildman–Crippen MR) is 221 cm³/mol. The Hall–Kier alpha value is -5.80. The van der Waals surface area contributed by atoms with Gasteiger partial charge in [-0.25, -0.2) is 0 Å². The van der Waals surface area contributed by atoms with Gasteiger partial charge in [0.15, 0.2) is 0 Å². The Bertz CT molecular complexity index is 3080. The molecule has 0 saturated carbocycles. The molecule has 9 aromatic carbocycles. The highest BCUT2D eigenvalue weighted by Gasteiger charge is 2.19. The van der Waals surface area contributed by atoms with Gasteiger partial charge in [0.1, 0.15) is 0 Å². The van der Waals surface area contributed by atoms with Crippen LogP contribution in [0.1, 0.15) is 0 Å². The molecule has 2 heteroatoms. The summed E-state index contributed by atoms with van der Waals surface area (Å²) in [5.74, 6) is 0. The first-order valence-corrected chi connectivity index (χ1v) is 18.7. The second-order valence-corrected chi connectivity index (χ2v) is 15.3. The fourth-order valence-corrected chi connectivity index (χ4v) is 10.6. The summed E-state index contributed by atoms with van der Waals surface area (Å²) in [5.41, 5.74) is 7.64. The van der Waals surface area contributed by atoms with Gasteiger partial charge in [-0.15, -0.1) is 22.7 Å². The average Bonchev–Trinajstić information content (AvgIpc) is 3.72. The smallest absolute Gasteiger partial charge is 0.0362 e. The largest absolute Gasteiger partial charge is 0.135 e. The molecular weight excluding hydrogens is 641 g/mol. The maximum atomic E-state index is 2.41.